The molecular weight excluding hydrogens is 405 g/mol. The Morgan fingerprint density at radius 1 is 1.21 bits per heavy atom. The molecule has 1 aliphatic heterocycles. The summed E-state index contributed by atoms with van der Waals surface area (Å²) in [7, 11) is 0. The van der Waals surface area contributed by atoms with Gasteiger partial charge in [-0.05, 0) is 49.2 Å². The third-order valence-electron chi connectivity index (χ3n) is 4.06. The average molecular weight is 422 g/mol. The highest BCUT2D eigenvalue weighted by molar-refractivity contribution is 8.15. The molecule has 0 saturated carbocycles. The van der Waals surface area contributed by atoms with Crippen molar-refractivity contribution in [1.29, 1.82) is 0 Å². The van der Waals surface area contributed by atoms with Crippen molar-refractivity contribution in [3.05, 3.63) is 65.2 Å². The van der Waals surface area contributed by atoms with Gasteiger partial charge in [0.2, 0.25) is 5.91 Å². The van der Waals surface area contributed by atoms with Crippen molar-refractivity contribution in [2.45, 2.75) is 24.8 Å². The first-order valence-electron chi connectivity index (χ1n) is 8.76. The summed E-state index contributed by atoms with van der Waals surface area (Å²) in [6, 6.07) is 11.3. The number of alkyl halides is 3. The molecule has 1 N–H and O–H groups in total. The number of aliphatic imine (C=N–C) groups is 1. The number of thioether (sulfide) groups is 1. The average Bonchev–Trinajstić information content (AvgIpc) is 3.01. The van der Waals surface area contributed by atoms with Gasteiger partial charge in [0.05, 0.1) is 28.7 Å². The van der Waals surface area contributed by atoms with Crippen LogP contribution < -0.4 is 5.32 Å². The van der Waals surface area contributed by atoms with Crippen molar-refractivity contribution in [2.75, 3.05) is 6.61 Å². The Bertz CT molecular complexity index is 943. The summed E-state index contributed by atoms with van der Waals surface area (Å²) in [4.78, 5) is 28.2. The van der Waals surface area contributed by atoms with Gasteiger partial charge in [-0.1, -0.05) is 30.0 Å². The lowest BCUT2D eigenvalue weighted by atomic mass is 10.1. The van der Waals surface area contributed by atoms with Gasteiger partial charge in [-0.15, -0.1) is 0 Å². The van der Waals surface area contributed by atoms with Gasteiger partial charge < -0.3 is 10.1 Å². The summed E-state index contributed by atoms with van der Waals surface area (Å²) in [6.45, 7) is 1.99. The van der Waals surface area contributed by atoms with Crippen molar-refractivity contribution >= 4 is 34.5 Å². The fraction of sp³-hybridized carbons (Fsp3) is 0.250. The van der Waals surface area contributed by atoms with Crippen LogP contribution in [0.15, 0.2) is 53.5 Å². The van der Waals surface area contributed by atoms with Crippen LogP contribution >= 0.6 is 11.8 Å². The van der Waals surface area contributed by atoms with Crippen molar-refractivity contribution in [3.8, 4) is 0 Å². The van der Waals surface area contributed by atoms with E-state index in [1.54, 1.807) is 37.3 Å². The molecule has 2 aromatic rings. The number of esters is 1. The lowest BCUT2D eigenvalue weighted by Gasteiger charge is -2.10. The number of amides is 1. The molecule has 29 heavy (non-hydrogen) atoms. The number of nitrogens with one attached hydrogen (secondary N) is 1. The zero-order valence-electron chi connectivity index (χ0n) is 15.3. The maximum atomic E-state index is 12.9. The Kier molecular flexibility index (Phi) is 6.26. The van der Waals surface area contributed by atoms with Crippen molar-refractivity contribution in [3.63, 3.8) is 0 Å². The normalized spacial score (nSPS) is 18.0. The minimum Gasteiger partial charge on any atom is -0.462 e. The molecule has 3 rings (SSSR count). The van der Waals surface area contributed by atoms with Gasteiger partial charge in [-0.25, -0.2) is 9.79 Å². The SMILES string of the molecule is CCOC(=O)c1ccc(/N=C2\NC(=O)C(Cc3cccc(C(F)(F)F)c3)S2)cc1. The molecular formula is C20H17F3N2O3S. The standard InChI is InChI=1S/C20H17F3N2O3S/c1-2-28-18(27)13-6-8-15(9-7-13)24-19-25-17(26)16(29-19)11-12-4-3-5-14(10-12)20(21,22)23/h3-10,16H,2,11H2,1H3,(H,24,25,26). The first-order chi connectivity index (χ1) is 13.8. The van der Waals surface area contributed by atoms with Crippen LogP contribution in [0.2, 0.25) is 0 Å². The summed E-state index contributed by atoms with van der Waals surface area (Å²) in [5.41, 5.74) is 0.600. The number of nitrogens with zero attached hydrogens (tertiary/aromatic N) is 1. The first kappa shape index (κ1) is 20.9. The van der Waals surface area contributed by atoms with Crippen LogP contribution in [-0.4, -0.2) is 28.9 Å². The van der Waals surface area contributed by atoms with E-state index >= 15 is 0 Å². The molecule has 1 heterocycles. The summed E-state index contributed by atoms with van der Waals surface area (Å²) >= 11 is 1.16. The molecule has 1 saturated heterocycles. The Hall–Kier alpha value is -2.81. The summed E-state index contributed by atoms with van der Waals surface area (Å²) in [5.74, 6) is -0.745. The van der Waals surface area contributed by atoms with E-state index in [0.29, 0.717) is 22.0 Å². The molecule has 0 radical (unpaired) electrons. The van der Waals surface area contributed by atoms with Crippen molar-refractivity contribution in [1.82, 2.24) is 5.32 Å². The zero-order valence-corrected chi connectivity index (χ0v) is 16.1. The maximum Gasteiger partial charge on any atom is 0.416 e. The minimum atomic E-state index is -4.43. The highest BCUT2D eigenvalue weighted by Gasteiger charge is 2.33. The summed E-state index contributed by atoms with van der Waals surface area (Å²) in [5, 5.41) is 2.42. The topological polar surface area (TPSA) is 67.8 Å². The predicted octanol–water partition coefficient (Wildman–Crippen LogP) is 4.34. The van der Waals surface area contributed by atoms with Crippen LogP contribution in [0.5, 0.6) is 0 Å². The molecule has 152 valence electrons. The number of benzene rings is 2. The zero-order chi connectivity index (χ0) is 21.0. The van der Waals surface area contributed by atoms with E-state index < -0.39 is 23.0 Å². The van der Waals surface area contributed by atoms with Gasteiger partial charge >= 0.3 is 12.1 Å². The van der Waals surface area contributed by atoms with E-state index in [1.165, 1.54) is 6.07 Å². The summed E-state index contributed by atoms with van der Waals surface area (Å²) in [6.07, 6.45) is -4.27. The van der Waals surface area contributed by atoms with E-state index in [0.717, 1.165) is 23.9 Å². The second-order valence-electron chi connectivity index (χ2n) is 6.18. The molecule has 0 spiro atoms. The van der Waals surface area contributed by atoms with Crippen molar-refractivity contribution in [2.24, 2.45) is 4.99 Å². The molecule has 0 aliphatic carbocycles. The maximum absolute atomic E-state index is 12.9. The van der Waals surface area contributed by atoms with Gasteiger partial charge in [0.1, 0.15) is 0 Å². The van der Waals surface area contributed by atoms with Gasteiger partial charge in [0, 0.05) is 0 Å². The third-order valence-corrected chi connectivity index (χ3v) is 5.14. The van der Waals surface area contributed by atoms with Crippen LogP contribution in [0.3, 0.4) is 0 Å². The lowest BCUT2D eigenvalue weighted by molar-refractivity contribution is -0.137. The van der Waals surface area contributed by atoms with E-state index in [1.807, 2.05) is 0 Å². The van der Waals surface area contributed by atoms with E-state index in [4.69, 9.17) is 4.74 Å². The predicted molar refractivity (Wildman–Crippen MR) is 104 cm³/mol. The summed E-state index contributed by atoms with van der Waals surface area (Å²) < 4.78 is 43.5. The fourth-order valence-corrected chi connectivity index (χ4v) is 3.71. The monoisotopic (exact) mass is 422 g/mol. The second kappa shape index (κ2) is 8.69. The van der Waals surface area contributed by atoms with Crippen LogP contribution in [0.1, 0.15) is 28.4 Å². The highest BCUT2D eigenvalue weighted by Crippen LogP contribution is 2.31. The molecule has 0 bridgehead atoms. The minimum absolute atomic E-state index is 0.154. The van der Waals surface area contributed by atoms with Crippen LogP contribution in [0, 0.1) is 0 Å². The number of hydrogen-bond donors (Lipinski definition) is 1. The number of halogens is 3. The van der Waals surface area contributed by atoms with Gasteiger partial charge in [-0.2, -0.15) is 13.2 Å². The largest absolute Gasteiger partial charge is 0.462 e. The molecule has 2 aromatic carbocycles. The molecule has 1 fully saturated rings. The van der Waals surface area contributed by atoms with E-state index in [-0.39, 0.29) is 18.9 Å². The smallest absolute Gasteiger partial charge is 0.416 e. The van der Waals surface area contributed by atoms with Gasteiger partial charge in [-0.3, -0.25) is 4.79 Å². The highest BCUT2D eigenvalue weighted by atomic mass is 32.2. The van der Waals surface area contributed by atoms with E-state index in [2.05, 4.69) is 10.3 Å². The number of ether oxygens (including phenoxy) is 1. The quantitative estimate of drug-likeness (QED) is 0.728. The van der Waals surface area contributed by atoms with E-state index in [9.17, 15) is 22.8 Å². The Labute approximate surface area is 169 Å². The number of carbonyl (C=O) groups excluding carboxylic acids is 2. The lowest BCUT2D eigenvalue weighted by Crippen LogP contribution is -2.26. The Morgan fingerprint density at radius 3 is 2.59 bits per heavy atom. The first-order valence-corrected chi connectivity index (χ1v) is 9.64. The van der Waals surface area contributed by atoms with Gasteiger partial charge in [0.25, 0.3) is 0 Å². The van der Waals surface area contributed by atoms with Gasteiger partial charge in [0.15, 0.2) is 5.17 Å². The van der Waals surface area contributed by atoms with Crippen LogP contribution in [0.25, 0.3) is 0 Å². The van der Waals surface area contributed by atoms with Crippen molar-refractivity contribution < 1.29 is 27.5 Å². The Morgan fingerprint density at radius 2 is 1.93 bits per heavy atom. The molecule has 9 heteroatoms. The molecule has 1 atom stereocenters. The van der Waals surface area contributed by atoms with Crippen LogP contribution in [0.4, 0.5) is 18.9 Å². The molecule has 0 aromatic heterocycles. The number of hydrogen-bond acceptors (Lipinski definition) is 5. The number of carbonyl (C=O) groups is 2. The second-order valence-corrected chi connectivity index (χ2v) is 7.37. The molecule has 1 amide bonds. The fourth-order valence-electron chi connectivity index (χ4n) is 2.68. The van der Waals surface area contributed by atoms with Crippen LogP contribution in [-0.2, 0) is 22.1 Å². The molecule has 5 nitrogen and oxygen atoms in total. The number of rotatable bonds is 5. The Balaban J connectivity index is 1.68. The third kappa shape index (κ3) is 5.38. The number of amidine groups is 1. The molecule has 1 aliphatic rings. The molecule has 1 unspecified atom stereocenters.